The average Bonchev–Trinajstić information content (AvgIpc) is 2.38. The van der Waals surface area contributed by atoms with Gasteiger partial charge >= 0.3 is 0 Å². The molecule has 18 heavy (non-hydrogen) atoms. The van der Waals surface area contributed by atoms with Crippen LogP contribution in [0.1, 0.15) is 43.4 Å². The van der Waals surface area contributed by atoms with Crippen LogP contribution in [0.5, 0.6) is 0 Å². The predicted octanol–water partition coefficient (Wildman–Crippen LogP) is 1.45. The summed E-state index contributed by atoms with van der Waals surface area (Å²) in [5, 5.41) is 23.2. The smallest absolute Gasteiger partial charge is 0.140 e. The molecule has 2 N–H and O–H groups in total. The monoisotopic (exact) mass is 243 g/mol. The largest absolute Gasteiger partial charge is 0.385 e. The quantitative estimate of drug-likeness (QED) is 0.783. The van der Waals surface area contributed by atoms with E-state index in [2.05, 4.69) is 10.3 Å². The number of fused-ring (bicyclic) bond motifs is 2. The van der Waals surface area contributed by atoms with E-state index in [1.165, 1.54) is 6.42 Å². The maximum atomic E-state index is 10.8. The number of nitrogens with one attached hydrogen (secondary N) is 1. The van der Waals surface area contributed by atoms with Gasteiger partial charge in [-0.25, -0.2) is 4.98 Å². The van der Waals surface area contributed by atoms with Gasteiger partial charge in [0, 0.05) is 23.8 Å². The lowest BCUT2D eigenvalue weighted by molar-refractivity contribution is -0.0361. The minimum Gasteiger partial charge on any atom is -0.385 e. The lowest BCUT2D eigenvalue weighted by Gasteiger charge is -2.45. The minimum absolute atomic E-state index is 0.400. The third kappa shape index (κ3) is 2.00. The molecule has 0 spiro atoms. The van der Waals surface area contributed by atoms with Gasteiger partial charge in [0.2, 0.25) is 0 Å². The number of rotatable bonds is 1. The zero-order chi connectivity index (χ0) is 12.6. The second-order valence-corrected chi connectivity index (χ2v) is 5.48. The van der Waals surface area contributed by atoms with E-state index in [0.717, 1.165) is 31.2 Å². The van der Waals surface area contributed by atoms with Crippen molar-refractivity contribution < 1.29 is 5.11 Å². The Labute approximate surface area is 107 Å². The molecule has 3 rings (SSSR count). The number of nitrogens with zero attached hydrogens (tertiary/aromatic N) is 2. The second kappa shape index (κ2) is 4.34. The van der Waals surface area contributed by atoms with Crippen LogP contribution < -0.4 is 5.32 Å². The predicted molar refractivity (Wildman–Crippen MR) is 66.6 cm³/mol. The third-order valence-corrected chi connectivity index (χ3v) is 4.16. The molecule has 4 heteroatoms. The summed E-state index contributed by atoms with van der Waals surface area (Å²) < 4.78 is 0. The number of hydrogen-bond acceptors (Lipinski definition) is 4. The Hall–Kier alpha value is -1.44. The number of nitriles is 1. The summed E-state index contributed by atoms with van der Waals surface area (Å²) in [6.07, 6.45) is 6.68. The van der Waals surface area contributed by atoms with Gasteiger partial charge in [-0.2, -0.15) is 5.26 Å². The van der Waals surface area contributed by atoms with E-state index in [4.69, 9.17) is 5.26 Å². The van der Waals surface area contributed by atoms with Gasteiger partial charge in [0.25, 0.3) is 0 Å². The van der Waals surface area contributed by atoms with Gasteiger partial charge in [0.15, 0.2) is 0 Å². The van der Waals surface area contributed by atoms with Crippen LogP contribution in [0.4, 0.5) is 0 Å². The number of aromatic nitrogens is 1. The SMILES string of the molecule is N#Cc1ccc(C2(O)CC3CCCC(C2)N3)cn1. The first kappa shape index (κ1) is 11.6. The summed E-state index contributed by atoms with van der Waals surface area (Å²) in [6.45, 7) is 0. The topological polar surface area (TPSA) is 68.9 Å². The van der Waals surface area contributed by atoms with Crippen molar-refractivity contribution in [1.29, 1.82) is 5.26 Å². The summed E-state index contributed by atoms with van der Waals surface area (Å²) in [7, 11) is 0. The number of piperidine rings is 2. The molecule has 2 unspecified atom stereocenters. The van der Waals surface area contributed by atoms with Crippen LogP contribution in [0.15, 0.2) is 18.3 Å². The second-order valence-electron chi connectivity index (χ2n) is 5.48. The molecule has 2 fully saturated rings. The van der Waals surface area contributed by atoms with E-state index in [-0.39, 0.29) is 0 Å². The van der Waals surface area contributed by atoms with Gasteiger partial charge in [0.1, 0.15) is 11.8 Å². The van der Waals surface area contributed by atoms with E-state index in [9.17, 15) is 5.11 Å². The van der Waals surface area contributed by atoms with Crippen molar-refractivity contribution in [3.63, 3.8) is 0 Å². The molecule has 4 nitrogen and oxygen atoms in total. The summed E-state index contributed by atoms with van der Waals surface area (Å²) in [4.78, 5) is 4.07. The van der Waals surface area contributed by atoms with Crippen molar-refractivity contribution >= 4 is 0 Å². The van der Waals surface area contributed by atoms with E-state index >= 15 is 0 Å². The molecule has 3 heterocycles. The fourth-order valence-electron chi connectivity index (χ4n) is 3.30. The molecule has 0 aliphatic carbocycles. The maximum absolute atomic E-state index is 10.8. The molecule has 2 atom stereocenters. The Morgan fingerprint density at radius 3 is 2.61 bits per heavy atom. The van der Waals surface area contributed by atoms with Crippen LogP contribution in [-0.2, 0) is 5.60 Å². The summed E-state index contributed by atoms with van der Waals surface area (Å²) in [5.41, 5.74) is 0.471. The molecule has 0 saturated carbocycles. The van der Waals surface area contributed by atoms with Gasteiger partial charge in [-0.15, -0.1) is 0 Å². The van der Waals surface area contributed by atoms with Crippen molar-refractivity contribution in [1.82, 2.24) is 10.3 Å². The van der Waals surface area contributed by atoms with Crippen molar-refractivity contribution in [3.05, 3.63) is 29.6 Å². The van der Waals surface area contributed by atoms with Gasteiger partial charge in [0.05, 0.1) is 5.60 Å². The normalized spacial score (nSPS) is 34.9. The lowest BCUT2D eigenvalue weighted by Crippen LogP contribution is -2.54. The van der Waals surface area contributed by atoms with Crippen LogP contribution in [-0.4, -0.2) is 22.2 Å². The van der Waals surface area contributed by atoms with E-state index in [0.29, 0.717) is 17.8 Å². The molecule has 2 aliphatic heterocycles. The number of hydrogen-bond donors (Lipinski definition) is 2. The van der Waals surface area contributed by atoms with E-state index < -0.39 is 5.60 Å². The fraction of sp³-hybridized carbons (Fsp3) is 0.571. The van der Waals surface area contributed by atoms with Crippen LogP contribution in [0.25, 0.3) is 0 Å². The molecule has 1 aromatic rings. The molecule has 0 amide bonds. The fourth-order valence-corrected chi connectivity index (χ4v) is 3.30. The van der Waals surface area contributed by atoms with Crippen molar-refractivity contribution in [2.24, 2.45) is 0 Å². The molecule has 0 aromatic carbocycles. The Bertz CT molecular complexity index is 465. The third-order valence-electron chi connectivity index (χ3n) is 4.16. The maximum Gasteiger partial charge on any atom is 0.140 e. The Morgan fingerprint density at radius 1 is 1.33 bits per heavy atom. The zero-order valence-electron chi connectivity index (χ0n) is 10.3. The first-order valence-electron chi connectivity index (χ1n) is 6.55. The molecular formula is C14H17N3O. The summed E-state index contributed by atoms with van der Waals surface area (Å²) in [5.74, 6) is 0. The van der Waals surface area contributed by atoms with Crippen molar-refractivity contribution in [2.45, 2.75) is 49.8 Å². The highest BCUT2D eigenvalue weighted by atomic mass is 16.3. The molecule has 2 saturated heterocycles. The van der Waals surface area contributed by atoms with Crippen LogP contribution >= 0.6 is 0 Å². The first-order chi connectivity index (χ1) is 8.69. The zero-order valence-corrected chi connectivity index (χ0v) is 10.3. The summed E-state index contributed by atoms with van der Waals surface area (Å²) in [6, 6.07) is 6.36. The highest BCUT2D eigenvalue weighted by molar-refractivity contribution is 5.27. The molecule has 2 bridgehead atoms. The highest BCUT2D eigenvalue weighted by Crippen LogP contribution is 2.39. The summed E-state index contributed by atoms with van der Waals surface area (Å²) >= 11 is 0. The van der Waals surface area contributed by atoms with Crippen LogP contribution in [0.2, 0.25) is 0 Å². The molecule has 1 aromatic heterocycles. The number of pyridine rings is 1. The lowest BCUT2D eigenvalue weighted by atomic mass is 9.74. The van der Waals surface area contributed by atoms with Gasteiger partial charge in [-0.3, -0.25) is 0 Å². The Balaban J connectivity index is 1.87. The molecule has 94 valence electrons. The highest BCUT2D eigenvalue weighted by Gasteiger charge is 2.41. The Morgan fingerprint density at radius 2 is 2.06 bits per heavy atom. The minimum atomic E-state index is -0.776. The van der Waals surface area contributed by atoms with Crippen molar-refractivity contribution in [2.75, 3.05) is 0 Å². The average molecular weight is 243 g/mol. The van der Waals surface area contributed by atoms with Gasteiger partial charge in [-0.1, -0.05) is 12.5 Å². The van der Waals surface area contributed by atoms with Gasteiger partial charge in [-0.05, 0) is 31.7 Å². The van der Waals surface area contributed by atoms with Gasteiger partial charge < -0.3 is 10.4 Å². The van der Waals surface area contributed by atoms with Crippen molar-refractivity contribution in [3.8, 4) is 6.07 Å². The van der Waals surface area contributed by atoms with Crippen LogP contribution in [0, 0.1) is 11.3 Å². The van der Waals surface area contributed by atoms with Crippen LogP contribution in [0.3, 0.4) is 0 Å². The molecule has 0 radical (unpaired) electrons. The van der Waals surface area contributed by atoms with E-state index in [1.807, 2.05) is 12.1 Å². The first-order valence-corrected chi connectivity index (χ1v) is 6.55. The molecular weight excluding hydrogens is 226 g/mol. The molecule has 2 aliphatic rings. The standard InChI is InChI=1S/C14H17N3O/c15-8-13-5-4-10(9-16-13)14(18)6-11-2-1-3-12(7-14)17-11/h4-5,9,11-12,17-18H,1-3,6-7H2. The Kier molecular flexibility index (Phi) is 2.81. The van der Waals surface area contributed by atoms with E-state index in [1.54, 1.807) is 12.3 Å². The number of aliphatic hydroxyl groups is 1.